The molecule has 0 aromatic carbocycles. The zero-order valence-corrected chi connectivity index (χ0v) is 12.6. The highest BCUT2D eigenvalue weighted by Gasteiger charge is 2.23. The molecule has 1 aliphatic rings. The van der Waals surface area contributed by atoms with Crippen molar-refractivity contribution in [1.82, 2.24) is 14.8 Å². The molecule has 0 aliphatic heterocycles. The van der Waals surface area contributed by atoms with Crippen molar-refractivity contribution in [3.8, 4) is 0 Å². The number of hydrogen-bond donors (Lipinski definition) is 2. The van der Waals surface area contributed by atoms with Crippen molar-refractivity contribution in [2.75, 3.05) is 10.6 Å². The van der Waals surface area contributed by atoms with E-state index in [-0.39, 0.29) is 17.5 Å². The van der Waals surface area contributed by atoms with E-state index in [2.05, 4.69) is 20.7 Å². The summed E-state index contributed by atoms with van der Waals surface area (Å²) in [6.07, 6.45) is 2.97. The quantitative estimate of drug-likeness (QED) is 0.901. The molecule has 21 heavy (non-hydrogen) atoms. The van der Waals surface area contributed by atoms with Gasteiger partial charge < -0.3 is 10.6 Å². The summed E-state index contributed by atoms with van der Waals surface area (Å²) in [7, 11) is 1.82. The van der Waals surface area contributed by atoms with E-state index >= 15 is 0 Å². The van der Waals surface area contributed by atoms with Gasteiger partial charge in [0.15, 0.2) is 5.13 Å². The molecule has 0 saturated carbocycles. The number of amides is 2. The number of hydrogen-bond acceptors (Lipinski definition) is 5. The summed E-state index contributed by atoms with van der Waals surface area (Å²) >= 11 is 1.22. The number of carbonyl (C=O) groups excluding carboxylic acids is 2. The van der Waals surface area contributed by atoms with Crippen LogP contribution in [-0.2, 0) is 24.7 Å². The van der Waals surface area contributed by atoms with E-state index in [0.29, 0.717) is 5.13 Å². The number of nitrogens with zero attached hydrogens (tertiary/aromatic N) is 3. The Hall–Kier alpha value is -2.22. The lowest BCUT2D eigenvalue weighted by molar-refractivity contribution is -0.114. The molecule has 0 bridgehead atoms. The maximum Gasteiger partial charge on any atom is 0.276 e. The van der Waals surface area contributed by atoms with Gasteiger partial charge in [-0.3, -0.25) is 14.3 Å². The first-order valence-electron chi connectivity index (χ1n) is 6.64. The predicted octanol–water partition coefficient (Wildman–Crippen LogP) is 1.58. The maximum atomic E-state index is 12.2. The third kappa shape index (κ3) is 2.66. The molecule has 7 nitrogen and oxygen atoms in total. The number of nitrogens with one attached hydrogen (secondary N) is 2. The molecule has 0 atom stereocenters. The molecule has 2 aromatic heterocycles. The number of anilines is 2. The first-order valence-corrected chi connectivity index (χ1v) is 7.52. The Bertz CT molecular complexity index is 718. The average Bonchev–Trinajstić information content (AvgIpc) is 3.08. The molecule has 1 aliphatic carbocycles. The topological polar surface area (TPSA) is 88.9 Å². The molecule has 0 unspecified atom stereocenters. The van der Waals surface area contributed by atoms with Crippen LogP contribution in [0.1, 0.15) is 35.1 Å². The van der Waals surface area contributed by atoms with Crippen LogP contribution in [-0.4, -0.2) is 26.6 Å². The number of rotatable bonds is 3. The van der Waals surface area contributed by atoms with Crippen molar-refractivity contribution in [2.24, 2.45) is 7.05 Å². The first kappa shape index (κ1) is 13.7. The van der Waals surface area contributed by atoms with Crippen molar-refractivity contribution >= 4 is 34.1 Å². The zero-order valence-electron chi connectivity index (χ0n) is 11.8. The highest BCUT2D eigenvalue weighted by atomic mass is 32.1. The zero-order chi connectivity index (χ0) is 15.0. The van der Waals surface area contributed by atoms with Gasteiger partial charge in [0, 0.05) is 24.9 Å². The summed E-state index contributed by atoms with van der Waals surface area (Å²) in [4.78, 5) is 27.3. The van der Waals surface area contributed by atoms with Crippen molar-refractivity contribution in [1.29, 1.82) is 0 Å². The minimum absolute atomic E-state index is 0.208. The van der Waals surface area contributed by atoms with Gasteiger partial charge in [-0.15, -0.1) is 11.3 Å². The molecule has 3 rings (SSSR count). The van der Waals surface area contributed by atoms with Gasteiger partial charge in [-0.05, 0) is 19.3 Å². The van der Waals surface area contributed by atoms with E-state index < -0.39 is 0 Å². The summed E-state index contributed by atoms with van der Waals surface area (Å²) in [5, 5.41) is 11.9. The Labute approximate surface area is 125 Å². The largest absolute Gasteiger partial charge is 0.305 e. The molecule has 0 spiro atoms. The van der Waals surface area contributed by atoms with E-state index in [1.807, 2.05) is 7.05 Å². The van der Waals surface area contributed by atoms with Crippen LogP contribution in [0.4, 0.5) is 10.9 Å². The number of aromatic nitrogens is 3. The normalized spacial score (nSPS) is 13.0. The van der Waals surface area contributed by atoms with E-state index in [1.54, 1.807) is 10.1 Å². The van der Waals surface area contributed by atoms with Crippen LogP contribution >= 0.6 is 11.3 Å². The monoisotopic (exact) mass is 305 g/mol. The Morgan fingerprint density at radius 3 is 2.90 bits per heavy atom. The first-order chi connectivity index (χ1) is 10.0. The summed E-state index contributed by atoms with van der Waals surface area (Å²) in [5.74, 6) is 0.239. The second-order valence-electron chi connectivity index (χ2n) is 4.92. The smallest absolute Gasteiger partial charge is 0.276 e. The van der Waals surface area contributed by atoms with Gasteiger partial charge >= 0.3 is 0 Å². The highest BCUT2D eigenvalue weighted by molar-refractivity contribution is 7.14. The van der Waals surface area contributed by atoms with Crippen LogP contribution in [0.5, 0.6) is 0 Å². The van der Waals surface area contributed by atoms with Gasteiger partial charge in [0.1, 0.15) is 11.5 Å². The van der Waals surface area contributed by atoms with E-state index in [1.165, 1.54) is 18.3 Å². The minimum Gasteiger partial charge on any atom is -0.305 e. The summed E-state index contributed by atoms with van der Waals surface area (Å²) < 4.78 is 1.70. The van der Waals surface area contributed by atoms with Gasteiger partial charge in [0.2, 0.25) is 5.91 Å². The third-order valence-corrected chi connectivity index (χ3v) is 4.08. The Kier molecular flexibility index (Phi) is 3.46. The Balaban J connectivity index is 1.77. The molecule has 0 saturated heterocycles. The van der Waals surface area contributed by atoms with E-state index in [0.717, 1.165) is 36.3 Å². The van der Waals surface area contributed by atoms with Crippen LogP contribution in [0.25, 0.3) is 0 Å². The van der Waals surface area contributed by atoms with E-state index in [4.69, 9.17) is 0 Å². The van der Waals surface area contributed by atoms with Gasteiger partial charge in [-0.1, -0.05) is 0 Å². The van der Waals surface area contributed by atoms with Crippen LogP contribution < -0.4 is 10.6 Å². The average molecular weight is 305 g/mol. The van der Waals surface area contributed by atoms with Gasteiger partial charge in [-0.25, -0.2) is 4.98 Å². The fourth-order valence-electron chi connectivity index (χ4n) is 2.43. The number of carbonyl (C=O) groups is 2. The van der Waals surface area contributed by atoms with Gasteiger partial charge in [0.05, 0.1) is 5.69 Å². The second kappa shape index (κ2) is 5.28. The fraction of sp³-hybridized carbons (Fsp3) is 0.385. The number of fused-ring (bicyclic) bond motifs is 1. The number of aryl methyl sites for hydroxylation is 2. The molecule has 8 heteroatoms. The summed E-state index contributed by atoms with van der Waals surface area (Å²) in [5.41, 5.74) is 2.46. The lowest BCUT2D eigenvalue weighted by atomic mass is 10.2. The fourth-order valence-corrected chi connectivity index (χ4v) is 3.17. The molecule has 2 aromatic rings. The highest BCUT2D eigenvalue weighted by Crippen LogP contribution is 2.28. The van der Waals surface area contributed by atoms with Crippen molar-refractivity contribution < 1.29 is 9.59 Å². The van der Waals surface area contributed by atoms with Gasteiger partial charge in [0.25, 0.3) is 5.91 Å². The van der Waals surface area contributed by atoms with Gasteiger partial charge in [-0.2, -0.15) is 5.10 Å². The SMILES string of the molecule is CC(=O)Nc1nc(C(=O)Nc2c3c(nn2C)CCC3)cs1. The lowest BCUT2D eigenvalue weighted by Gasteiger charge is -2.05. The maximum absolute atomic E-state index is 12.2. The summed E-state index contributed by atoms with van der Waals surface area (Å²) in [6, 6.07) is 0. The minimum atomic E-state index is -0.291. The van der Waals surface area contributed by atoms with Crippen LogP contribution in [0.3, 0.4) is 0 Å². The van der Waals surface area contributed by atoms with Crippen molar-refractivity contribution in [2.45, 2.75) is 26.2 Å². The number of thiazole rings is 1. The van der Waals surface area contributed by atoms with Crippen LogP contribution in [0.15, 0.2) is 5.38 Å². The molecular weight excluding hydrogens is 290 g/mol. The Morgan fingerprint density at radius 1 is 1.33 bits per heavy atom. The van der Waals surface area contributed by atoms with Crippen molar-refractivity contribution in [3.05, 3.63) is 22.3 Å². The lowest BCUT2D eigenvalue weighted by Crippen LogP contribution is -2.16. The molecule has 2 heterocycles. The van der Waals surface area contributed by atoms with Crippen LogP contribution in [0.2, 0.25) is 0 Å². The summed E-state index contributed by atoms with van der Waals surface area (Å²) in [6.45, 7) is 1.40. The molecule has 110 valence electrons. The molecule has 0 radical (unpaired) electrons. The Morgan fingerprint density at radius 2 is 2.14 bits per heavy atom. The second-order valence-corrected chi connectivity index (χ2v) is 5.78. The predicted molar refractivity (Wildman–Crippen MR) is 79.6 cm³/mol. The molecular formula is C13H15N5O2S. The molecule has 2 amide bonds. The third-order valence-electron chi connectivity index (χ3n) is 3.32. The molecule has 2 N–H and O–H groups in total. The van der Waals surface area contributed by atoms with Crippen LogP contribution in [0, 0.1) is 0 Å². The van der Waals surface area contributed by atoms with E-state index in [9.17, 15) is 9.59 Å². The van der Waals surface area contributed by atoms with Crippen molar-refractivity contribution in [3.63, 3.8) is 0 Å². The molecule has 0 fully saturated rings. The standard InChI is InChI=1S/C13H15N5O2S/c1-7(19)14-13-15-10(6-21-13)12(20)16-11-8-4-3-5-9(8)17-18(11)2/h6H,3-5H2,1-2H3,(H,16,20)(H,14,15,19).